The Morgan fingerprint density at radius 2 is 2.00 bits per heavy atom. The third-order valence-electron chi connectivity index (χ3n) is 2.97. The van der Waals surface area contributed by atoms with Crippen LogP contribution in [0.2, 0.25) is 0 Å². The van der Waals surface area contributed by atoms with Gasteiger partial charge in [-0.25, -0.2) is 8.42 Å². The predicted molar refractivity (Wildman–Crippen MR) is 72.9 cm³/mol. The zero-order valence-corrected chi connectivity index (χ0v) is 12.8. The van der Waals surface area contributed by atoms with Gasteiger partial charge >= 0.3 is 0 Å². The largest absolute Gasteiger partial charge is 0.378 e. The highest BCUT2D eigenvalue weighted by Crippen LogP contribution is 2.30. The lowest BCUT2D eigenvalue weighted by atomic mass is 10.1. The summed E-state index contributed by atoms with van der Waals surface area (Å²) in [5.74, 6) is 0. The van der Waals surface area contributed by atoms with Gasteiger partial charge in [0.05, 0.1) is 23.6 Å². The number of sulfonamides is 1. The lowest BCUT2D eigenvalue weighted by molar-refractivity contribution is -0.00772. The van der Waals surface area contributed by atoms with Crippen molar-refractivity contribution in [1.82, 2.24) is 4.31 Å². The van der Waals surface area contributed by atoms with Crippen LogP contribution in [0.25, 0.3) is 0 Å². The molecule has 1 fully saturated rings. The number of ether oxygens (including phenoxy) is 1. The molecule has 0 spiro atoms. The van der Waals surface area contributed by atoms with Crippen LogP contribution in [-0.2, 0) is 14.8 Å². The molecular formula is C12H16BrNO3S. The Hall–Kier alpha value is -0.430. The van der Waals surface area contributed by atoms with Gasteiger partial charge in [-0.2, -0.15) is 4.31 Å². The van der Waals surface area contributed by atoms with E-state index in [9.17, 15) is 8.42 Å². The molecule has 0 bridgehead atoms. The molecule has 1 aromatic rings. The van der Waals surface area contributed by atoms with Gasteiger partial charge in [0.1, 0.15) is 0 Å². The third kappa shape index (κ3) is 2.47. The second kappa shape index (κ2) is 4.92. The molecule has 4 nitrogen and oxygen atoms in total. The summed E-state index contributed by atoms with van der Waals surface area (Å²) in [7, 11) is -3.49. The van der Waals surface area contributed by atoms with E-state index < -0.39 is 15.6 Å². The van der Waals surface area contributed by atoms with Crippen molar-refractivity contribution >= 4 is 26.0 Å². The first kappa shape index (κ1) is 14.0. The second-order valence-electron chi connectivity index (χ2n) is 4.87. The zero-order chi connectivity index (χ0) is 13.4. The monoisotopic (exact) mass is 333 g/mol. The first-order chi connectivity index (χ1) is 8.36. The average molecular weight is 334 g/mol. The summed E-state index contributed by atoms with van der Waals surface area (Å²) < 4.78 is 32.8. The fourth-order valence-corrected chi connectivity index (χ4v) is 4.78. The van der Waals surface area contributed by atoms with Crippen LogP contribution in [0.5, 0.6) is 0 Å². The summed E-state index contributed by atoms with van der Waals surface area (Å²) >= 11 is 3.30. The maximum Gasteiger partial charge on any atom is 0.244 e. The highest BCUT2D eigenvalue weighted by atomic mass is 79.9. The van der Waals surface area contributed by atoms with Gasteiger partial charge in [-0.3, -0.25) is 0 Å². The van der Waals surface area contributed by atoms with Crippen LogP contribution in [0.1, 0.15) is 13.8 Å². The molecule has 1 aromatic carbocycles. The number of hydrogen-bond acceptors (Lipinski definition) is 3. The molecule has 2 rings (SSSR count). The quantitative estimate of drug-likeness (QED) is 0.833. The highest BCUT2D eigenvalue weighted by molar-refractivity contribution is 9.10. The second-order valence-corrected chi connectivity index (χ2v) is 7.56. The minimum Gasteiger partial charge on any atom is -0.378 e. The maximum absolute atomic E-state index is 12.7. The minimum absolute atomic E-state index is 0.306. The molecule has 0 aromatic heterocycles. The van der Waals surface area contributed by atoms with E-state index in [2.05, 4.69) is 15.9 Å². The number of hydrogen-bond donors (Lipinski definition) is 0. The average Bonchev–Trinajstić information content (AvgIpc) is 2.28. The van der Waals surface area contributed by atoms with E-state index in [-0.39, 0.29) is 0 Å². The maximum atomic E-state index is 12.7. The smallest absolute Gasteiger partial charge is 0.244 e. The van der Waals surface area contributed by atoms with Gasteiger partial charge in [-0.05, 0) is 41.9 Å². The van der Waals surface area contributed by atoms with E-state index in [4.69, 9.17) is 4.74 Å². The lowest BCUT2D eigenvalue weighted by Crippen LogP contribution is -2.55. The van der Waals surface area contributed by atoms with Crippen molar-refractivity contribution in [3.05, 3.63) is 28.7 Å². The van der Waals surface area contributed by atoms with Crippen molar-refractivity contribution in [2.24, 2.45) is 0 Å². The number of morpholine rings is 1. The number of rotatable bonds is 2. The summed E-state index contributed by atoms with van der Waals surface area (Å²) in [5, 5.41) is 0. The van der Waals surface area contributed by atoms with Crippen LogP contribution in [0.4, 0.5) is 0 Å². The molecule has 1 heterocycles. The molecule has 0 amide bonds. The Morgan fingerprint density at radius 1 is 1.33 bits per heavy atom. The van der Waals surface area contributed by atoms with E-state index in [1.54, 1.807) is 24.3 Å². The summed E-state index contributed by atoms with van der Waals surface area (Å²) in [6.45, 7) is 4.99. The molecule has 0 radical (unpaired) electrons. The van der Waals surface area contributed by atoms with Crippen molar-refractivity contribution in [2.45, 2.75) is 24.3 Å². The van der Waals surface area contributed by atoms with Gasteiger partial charge in [0, 0.05) is 11.0 Å². The lowest BCUT2D eigenvalue weighted by Gasteiger charge is -2.40. The zero-order valence-electron chi connectivity index (χ0n) is 10.4. The van der Waals surface area contributed by atoms with Crippen LogP contribution in [0.15, 0.2) is 33.6 Å². The molecule has 0 aliphatic carbocycles. The van der Waals surface area contributed by atoms with Crippen molar-refractivity contribution in [3.8, 4) is 0 Å². The van der Waals surface area contributed by atoms with Gasteiger partial charge < -0.3 is 4.74 Å². The van der Waals surface area contributed by atoms with E-state index in [0.717, 1.165) is 0 Å². The first-order valence-electron chi connectivity index (χ1n) is 5.71. The molecule has 1 aliphatic rings. The van der Waals surface area contributed by atoms with E-state index in [1.807, 2.05) is 13.8 Å². The van der Waals surface area contributed by atoms with Gasteiger partial charge in [-0.15, -0.1) is 0 Å². The van der Waals surface area contributed by atoms with Crippen molar-refractivity contribution < 1.29 is 13.2 Å². The first-order valence-corrected chi connectivity index (χ1v) is 7.94. The van der Waals surface area contributed by atoms with Crippen LogP contribution >= 0.6 is 15.9 Å². The Labute approximate surface area is 116 Å². The Kier molecular flexibility index (Phi) is 3.82. The SMILES string of the molecule is CC1(C)COCCN1S(=O)(=O)c1ccccc1Br. The summed E-state index contributed by atoms with van der Waals surface area (Å²) in [5.41, 5.74) is -0.521. The Balaban J connectivity index is 2.46. The van der Waals surface area contributed by atoms with E-state index in [0.29, 0.717) is 29.1 Å². The fraction of sp³-hybridized carbons (Fsp3) is 0.500. The molecule has 0 N–H and O–H groups in total. The summed E-state index contributed by atoms with van der Waals surface area (Å²) in [6.07, 6.45) is 0. The Morgan fingerprint density at radius 3 is 2.61 bits per heavy atom. The van der Waals surface area contributed by atoms with Crippen LogP contribution in [0, 0.1) is 0 Å². The normalized spacial score (nSPS) is 20.8. The third-order valence-corrected chi connectivity index (χ3v) is 6.10. The standard InChI is InChI=1S/C12H16BrNO3S/c1-12(2)9-17-8-7-14(12)18(15,16)11-6-4-3-5-10(11)13/h3-6H,7-9H2,1-2H3. The van der Waals surface area contributed by atoms with Crippen molar-refractivity contribution in [2.75, 3.05) is 19.8 Å². The molecule has 1 saturated heterocycles. The highest BCUT2D eigenvalue weighted by Gasteiger charge is 2.40. The number of nitrogens with zero attached hydrogens (tertiary/aromatic N) is 1. The van der Waals surface area contributed by atoms with Crippen molar-refractivity contribution in [1.29, 1.82) is 0 Å². The van der Waals surface area contributed by atoms with Crippen LogP contribution < -0.4 is 0 Å². The summed E-state index contributed by atoms with van der Waals surface area (Å²) in [4.78, 5) is 0.306. The van der Waals surface area contributed by atoms with E-state index >= 15 is 0 Å². The van der Waals surface area contributed by atoms with Crippen LogP contribution in [0.3, 0.4) is 0 Å². The number of benzene rings is 1. The fourth-order valence-electron chi connectivity index (χ4n) is 2.06. The Bertz CT molecular complexity index is 542. The predicted octanol–water partition coefficient (Wildman–Crippen LogP) is 2.25. The van der Waals surface area contributed by atoms with Gasteiger partial charge in [0.2, 0.25) is 10.0 Å². The van der Waals surface area contributed by atoms with Gasteiger partial charge in [-0.1, -0.05) is 12.1 Å². The van der Waals surface area contributed by atoms with Crippen molar-refractivity contribution in [3.63, 3.8) is 0 Å². The molecule has 6 heteroatoms. The topological polar surface area (TPSA) is 46.6 Å². The number of halogens is 1. The molecule has 0 unspecified atom stereocenters. The molecule has 1 aliphatic heterocycles. The molecular weight excluding hydrogens is 318 g/mol. The molecule has 0 atom stereocenters. The van der Waals surface area contributed by atoms with Crippen LogP contribution in [-0.4, -0.2) is 38.0 Å². The molecule has 100 valence electrons. The minimum atomic E-state index is -3.49. The molecule has 0 saturated carbocycles. The van der Waals surface area contributed by atoms with Gasteiger partial charge in [0.15, 0.2) is 0 Å². The summed E-state index contributed by atoms with van der Waals surface area (Å²) in [6, 6.07) is 6.88. The molecule has 18 heavy (non-hydrogen) atoms. The van der Waals surface area contributed by atoms with E-state index in [1.165, 1.54) is 4.31 Å². The van der Waals surface area contributed by atoms with Gasteiger partial charge in [0.25, 0.3) is 0 Å².